The first-order valence-corrected chi connectivity index (χ1v) is 9.97. The molecule has 2 aromatic rings. The normalized spacial score (nSPS) is 19.7. The van der Waals surface area contributed by atoms with E-state index in [1.807, 2.05) is 0 Å². The van der Waals surface area contributed by atoms with Gasteiger partial charge in [0.1, 0.15) is 16.0 Å². The van der Waals surface area contributed by atoms with Gasteiger partial charge in [-0.05, 0) is 35.9 Å². The summed E-state index contributed by atoms with van der Waals surface area (Å²) in [4.78, 5) is 24.7. The van der Waals surface area contributed by atoms with Crippen molar-refractivity contribution in [3.8, 4) is 0 Å². The molecule has 2 atom stereocenters. The molecule has 0 aromatic heterocycles. The number of halogens is 8. The van der Waals surface area contributed by atoms with Crippen molar-refractivity contribution in [3.63, 3.8) is 0 Å². The molecule has 11 heteroatoms. The van der Waals surface area contributed by atoms with Crippen molar-refractivity contribution in [3.05, 3.63) is 64.2 Å². The Bertz CT molecular complexity index is 1020. The summed E-state index contributed by atoms with van der Waals surface area (Å²) in [5, 5.41) is 2.38. The number of carbonyl (C=O) groups excluding carboxylic acids is 2. The Hall–Kier alpha value is -1.90. The second-order valence-electron chi connectivity index (χ2n) is 7.05. The number of ketones is 1. The second-order valence-corrected chi connectivity index (χ2v) is 8.91. The third kappa shape index (κ3) is 5.48. The van der Waals surface area contributed by atoms with Crippen LogP contribution in [0.2, 0.25) is 5.02 Å². The molecular weight excluding hydrogens is 488 g/mol. The molecule has 3 rings (SSSR count). The molecule has 2 aromatic carbocycles. The van der Waals surface area contributed by atoms with Gasteiger partial charge in [-0.1, -0.05) is 11.6 Å². The maximum Gasteiger partial charge on any atom is 0.389 e. The summed E-state index contributed by atoms with van der Waals surface area (Å²) in [6.07, 6.45) is -6.62. The highest BCUT2D eigenvalue weighted by atomic mass is 35.5. The summed E-state index contributed by atoms with van der Waals surface area (Å²) >= 11 is 18.2. The van der Waals surface area contributed by atoms with Crippen molar-refractivity contribution < 1.29 is 31.5 Å². The van der Waals surface area contributed by atoms with Crippen molar-refractivity contribution in [1.29, 1.82) is 0 Å². The molecule has 0 bridgehead atoms. The minimum absolute atomic E-state index is 0.0740. The fourth-order valence-electron chi connectivity index (χ4n) is 3.25. The van der Waals surface area contributed by atoms with Crippen LogP contribution in [0, 0.1) is 17.6 Å². The predicted octanol–water partition coefficient (Wildman–Crippen LogP) is 6.67. The zero-order valence-corrected chi connectivity index (χ0v) is 17.6. The second kappa shape index (κ2) is 8.56. The van der Waals surface area contributed by atoms with Crippen LogP contribution in [0.5, 0.6) is 0 Å². The standard InChI is InChI=1S/C20H13Cl3F5NO2/c21-14-2-1-12(8-13(14)15(30)3-4-19(26,27)28)29-18(31)17-16(20(17,22)23)9-5-10(24)7-11(25)6-9/h1-2,5-8,16-17H,3-4H2,(H,29,31). The van der Waals surface area contributed by atoms with Gasteiger partial charge in [0.05, 0.1) is 17.4 Å². The average molecular weight is 501 g/mol. The number of alkyl halides is 5. The molecule has 1 amide bonds. The van der Waals surface area contributed by atoms with Gasteiger partial charge in [0, 0.05) is 29.7 Å². The molecule has 166 valence electrons. The quantitative estimate of drug-likeness (QED) is 0.274. The summed E-state index contributed by atoms with van der Waals surface area (Å²) in [6.45, 7) is 0. The highest BCUT2D eigenvalue weighted by molar-refractivity contribution is 6.53. The molecule has 1 aliphatic rings. The van der Waals surface area contributed by atoms with Gasteiger partial charge in [-0.15, -0.1) is 23.2 Å². The van der Waals surface area contributed by atoms with Crippen molar-refractivity contribution in [2.45, 2.75) is 29.3 Å². The Morgan fingerprint density at radius 3 is 2.23 bits per heavy atom. The van der Waals surface area contributed by atoms with E-state index in [1.165, 1.54) is 12.1 Å². The minimum atomic E-state index is -4.50. The molecule has 0 aliphatic heterocycles. The molecule has 0 heterocycles. The summed E-state index contributed by atoms with van der Waals surface area (Å²) in [5.41, 5.74) is -0.0157. The Labute approximate surface area is 188 Å². The molecule has 31 heavy (non-hydrogen) atoms. The van der Waals surface area contributed by atoms with E-state index in [-0.39, 0.29) is 21.8 Å². The number of hydrogen-bond donors (Lipinski definition) is 1. The Kier molecular flexibility index (Phi) is 6.56. The molecule has 0 spiro atoms. The number of anilines is 1. The molecule has 2 unspecified atom stereocenters. The third-order valence-corrected chi connectivity index (χ3v) is 6.02. The lowest BCUT2D eigenvalue weighted by atomic mass is 10.1. The molecule has 3 nitrogen and oxygen atoms in total. The molecule has 0 saturated heterocycles. The van der Waals surface area contributed by atoms with E-state index >= 15 is 0 Å². The highest BCUT2D eigenvalue weighted by Gasteiger charge is 2.67. The number of amides is 1. The number of hydrogen-bond acceptors (Lipinski definition) is 2. The number of rotatable bonds is 6. The fraction of sp³-hybridized carbons (Fsp3) is 0.300. The van der Waals surface area contributed by atoms with Crippen molar-refractivity contribution in [2.24, 2.45) is 5.92 Å². The lowest BCUT2D eigenvalue weighted by Crippen LogP contribution is -2.17. The lowest BCUT2D eigenvalue weighted by molar-refractivity contribution is -0.133. The van der Waals surface area contributed by atoms with Gasteiger partial charge < -0.3 is 5.32 Å². The Morgan fingerprint density at radius 1 is 1.03 bits per heavy atom. The number of benzene rings is 2. The third-order valence-electron chi connectivity index (χ3n) is 4.75. The zero-order chi connectivity index (χ0) is 23.1. The molecule has 1 fully saturated rings. The van der Waals surface area contributed by atoms with E-state index < -0.39 is 58.5 Å². The van der Waals surface area contributed by atoms with Gasteiger partial charge in [-0.25, -0.2) is 8.78 Å². The van der Waals surface area contributed by atoms with E-state index in [4.69, 9.17) is 34.8 Å². The highest BCUT2D eigenvalue weighted by Crippen LogP contribution is 2.65. The van der Waals surface area contributed by atoms with Crippen LogP contribution >= 0.6 is 34.8 Å². The van der Waals surface area contributed by atoms with Gasteiger partial charge in [0.2, 0.25) is 5.91 Å². The lowest BCUT2D eigenvalue weighted by Gasteiger charge is -2.10. The van der Waals surface area contributed by atoms with Crippen LogP contribution in [0.1, 0.15) is 34.7 Å². The van der Waals surface area contributed by atoms with E-state index in [2.05, 4.69) is 5.32 Å². The number of Topliss-reactive ketones (excluding diaryl/α,β-unsaturated/α-hetero) is 1. The smallest absolute Gasteiger partial charge is 0.326 e. The maximum atomic E-state index is 13.5. The maximum absolute atomic E-state index is 13.5. The van der Waals surface area contributed by atoms with Crippen molar-refractivity contribution >= 4 is 52.2 Å². The van der Waals surface area contributed by atoms with E-state index in [9.17, 15) is 31.5 Å². The fourth-order valence-corrected chi connectivity index (χ4v) is 4.30. The van der Waals surface area contributed by atoms with Crippen LogP contribution in [-0.4, -0.2) is 22.2 Å². The molecule has 0 radical (unpaired) electrons. The Balaban J connectivity index is 1.75. The number of carbonyl (C=O) groups is 2. The average Bonchev–Trinajstić information content (AvgIpc) is 3.22. The van der Waals surface area contributed by atoms with Crippen LogP contribution in [0.3, 0.4) is 0 Å². The van der Waals surface area contributed by atoms with Crippen LogP contribution < -0.4 is 5.32 Å². The van der Waals surface area contributed by atoms with Crippen molar-refractivity contribution in [1.82, 2.24) is 0 Å². The van der Waals surface area contributed by atoms with Gasteiger partial charge in [-0.3, -0.25) is 9.59 Å². The van der Waals surface area contributed by atoms with Gasteiger partial charge in [-0.2, -0.15) is 13.2 Å². The number of nitrogens with one attached hydrogen (secondary N) is 1. The summed E-state index contributed by atoms with van der Waals surface area (Å²) < 4.78 is 62.5. The van der Waals surface area contributed by atoms with E-state index in [0.717, 1.165) is 18.2 Å². The predicted molar refractivity (Wildman–Crippen MR) is 107 cm³/mol. The first-order valence-electron chi connectivity index (χ1n) is 8.84. The van der Waals surface area contributed by atoms with Crippen LogP contribution in [0.4, 0.5) is 27.6 Å². The summed E-state index contributed by atoms with van der Waals surface area (Å²) in [6, 6.07) is 6.42. The zero-order valence-electron chi connectivity index (χ0n) is 15.4. The monoisotopic (exact) mass is 499 g/mol. The largest absolute Gasteiger partial charge is 0.389 e. The van der Waals surface area contributed by atoms with Gasteiger partial charge in [0.25, 0.3) is 0 Å². The first-order chi connectivity index (χ1) is 14.3. The Morgan fingerprint density at radius 2 is 1.65 bits per heavy atom. The van der Waals surface area contributed by atoms with Crippen LogP contribution in [-0.2, 0) is 4.79 Å². The van der Waals surface area contributed by atoms with Gasteiger partial charge in [0.15, 0.2) is 5.78 Å². The minimum Gasteiger partial charge on any atom is -0.326 e. The molecule has 1 N–H and O–H groups in total. The SMILES string of the molecule is O=C(CCC(F)(F)F)c1cc(NC(=O)C2C(c3cc(F)cc(F)c3)C2(Cl)Cl)ccc1Cl. The van der Waals surface area contributed by atoms with Crippen LogP contribution in [0.15, 0.2) is 36.4 Å². The van der Waals surface area contributed by atoms with E-state index in [0.29, 0.717) is 6.07 Å². The van der Waals surface area contributed by atoms with E-state index in [1.54, 1.807) is 0 Å². The van der Waals surface area contributed by atoms with Crippen molar-refractivity contribution in [2.75, 3.05) is 5.32 Å². The summed E-state index contributed by atoms with van der Waals surface area (Å²) in [7, 11) is 0. The molecule has 1 aliphatic carbocycles. The van der Waals surface area contributed by atoms with Gasteiger partial charge >= 0.3 is 6.18 Å². The molecule has 1 saturated carbocycles. The topological polar surface area (TPSA) is 46.2 Å². The first kappa shape index (κ1) is 23.8. The summed E-state index contributed by atoms with van der Waals surface area (Å²) in [5.74, 6) is -5.20. The molecular formula is C20H13Cl3F5NO2. The van der Waals surface area contributed by atoms with Crippen LogP contribution in [0.25, 0.3) is 0 Å².